The van der Waals surface area contributed by atoms with Crippen molar-refractivity contribution in [2.75, 3.05) is 26.5 Å². The maximum absolute atomic E-state index is 10.7. The van der Waals surface area contributed by atoms with Crippen LogP contribution in [0.5, 0.6) is 0 Å². The van der Waals surface area contributed by atoms with E-state index in [1.54, 1.807) is 0 Å². The number of anilines is 1. The van der Waals surface area contributed by atoms with Crippen LogP contribution in [0.3, 0.4) is 0 Å². The number of fused-ring (bicyclic) bond motifs is 1. The Morgan fingerprint density at radius 2 is 1.61 bits per heavy atom. The van der Waals surface area contributed by atoms with Gasteiger partial charge in [-0.1, -0.05) is 36.4 Å². The van der Waals surface area contributed by atoms with Gasteiger partial charge in [0.05, 0.1) is 5.69 Å². The third-order valence-electron chi connectivity index (χ3n) is 2.05. The lowest BCUT2D eigenvalue weighted by molar-refractivity contribution is 0.259. The molecule has 0 unspecified atom stereocenters. The number of nitrogens with two attached hydrogens (primary N) is 1. The standard InChI is InChI=1S/C11H10N2O.C3H9N/c12-11(14)13-10-7-3-5-8-4-1-2-6-9(8)10;1-4(2)3/h1-7H,(H3,12,13,14);1-3H3. The Kier molecular flexibility index (Phi) is 5.14. The van der Waals surface area contributed by atoms with Gasteiger partial charge in [-0.3, -0.25) is 0 Å². The Bertz CT molecular complexity index is 515. The number of primary amides is 1. The minimum absolute atomic E-state index is 0.540. The Labute approximate surface area is 107 Å². The number of nitrogens with one attached hydrogen (secondary N) is 1. The van der Waals surface area contributed by atoms with Crippen LogP contribution >= 0.6 is 0 Å². The summed E-state index contributed by atoms with van der Waals surface area (Å²) in [6, 6.07) is 13.0. The number of benzene rings is 2. The molecular formula is C14H19N3O. The molecule has 0 radical (unpaired) electrons. The van der Waals surface area contributed by atoms with Crippen molar-refractivity contribution in [3.05, 3.63) is 42.5 Å². The van der Waals surface area contributed by atoms with E-state index in [2.05, 4.69) is 5.32 Å². The summed E-state index contributed by atoms with van der Waals surface area (Å²) in [5.41, 5.74) is 5.81. The van der Waals surface area contributed by atoms with Crippen LogP contribution in [0.15, 0.2) is 42.5 Å². The molecule has 0 aliphatic heterocycles. The van der Waals surface area contributed by atoms with Gasteiger partial charge in [-0.25, -0.2) is 4.79 Å². The summed E-state index contributed by atoms with van der Waals surface area (Å²) in [4.78, 5) is 12.7. The zero-order chi connectivity index (χ0) is 13.5. The second-order valence-electron chi connectivity index (χ2n) is 4.36. The van der Waals surface area contributed by atoms with Crippen molar-refractivity contribution in [2.24, 2.45) is 5.73 Å². The second-order valence-corrected chi connectivity index (χ2v) is 4.36. The van der Waals surface area contributed by atoms with Gasteiger partial charge < -0.3 is 16.0 Å². The van der Waals surface area contributed by atoms with E-state index in [-0.39, 0.29) is 0 Å². The molecular weight excluding hydrogens is 226 g/mol. The summed E-state index contributed by atoms with van der Waals surface area (Å²) in [5, 5.41) is 4.66. The van der Waals surface area contributed by atoms with Crippen LogP contribution in [0.1, 0.15) is 0 Å². The Morgan fingerprint density at radius 1 is 1.06 bits per heavy atom. The quantitative estimate of drug-likeness (QED) is 0.811. The van der Waals surface area contributed by atoms with Crippen molar-refractivity contribution >= 4 is 22.5 Å². The van der Waals surface area contributed by atoms with E-state index >= 15 is 0 Å². The van der Waals surface area contributed by atoms with E-state index in [1.165, 1.54) is 0 Å². The van der Waals surface area contributed by atoms with Crippen LogP contribution in [0.4, 0.5) is 10.5 Å². The molecule has 0 aliphatic rings. The highest BCUT2D eigenvalue weighted by atomic mass is 16.2. The monoisotopic (exact) mass is 245 g/mol. The van der Waals surface area contributed by atoms with Gasteiger partial charge in [-0.05, 0) is 32.6 Å². The average molecular weight is 245 g/mol. The second kappa shape index (κ2) is 6.61. The highest BCUT2D eigenvalue weighted by molar-refractivity contribution is 6.00. The van der Waals surface area contributed by atoms with E-state index in [0.29, 0.717) is 0 Å². The molecule has 2 aromatic rings. The van der Waals surface area contributed by atoms with Gasteiger partial charge in [-0.15, -0.1) is 0 Å². The zero-order valence-electron chi connectivity index (χ0n) is 11.0. The summed E-state index contributed by atoms with van der Waals surface area (Å²) >= 11 is 0. The molecule has 2 amide bonds. The largest absolute Gasteiger partial charge is 0.351 e. The Hall–Kier alpha value is -2.07. The van der Waals surface area contributed by atoms with E-state index in [0.717, 1.165) is 16.5 Å². The minimum Gasteiger partial charge on any atom is -0.351 e. The summed E-state index contributed by atoms with van der Waals surface area (Å²) in [6.07, 6.45) is 0. The zero-order valence-corrected chi connectivity index (χ0v) is 11.0. The normalized spacial score (nSPS) is 9.78. The lowest BCUT2D eigenvalue weighted by Crippen LogP contribution is -2.19. The molecule has 4 heteroatoms. The van der Waals surface area contributed by atoms with E-state index in [4.69, 9.17) is 5.73 Å². The Balaban J connectivity index is 0.000000357. The maximum atomic E-state index is 10.7. The SMILES string of the molecule is CN(C)C.NC(=O)Nc1cccc2ccccc12. The van der Waals surface area contributed by atoms with E-state index in [1.807, 2.05) is 68.5 Å². The number of hydrogen-bond donors (Lipinski definition) is 2. The van der Waals surface area contributed by atoms with Crippen LogP contribution in [0.25, 0.3) is 10.8 Å². The van der Waals surface area contributed by atoms with Crippen LogP contribution in [-0.2, 0) is 0 Å². The molecule has 18 heavy (non-hydrogen) atoms. The predicted octanol–water partition coefficient (Wildman–Crippen LogP) is 2.51. The smallest absolute Gasteiger partial charge is 0.316 e. The van der Waals surface area contributed by atoms with Crippen LogP contribution in [0, 0.1) is 0 Å². The maximum Gasteiger partial charge on any atom is 0.316 e. The molecule has 4 nitrogen and oxygen atoms in total. The lowest BCUT2D eigenvalue weighted by Gasteiger charge is -2.05. The average Bonchev–Trinajstić information content (AvgIpc) is 2.28. The fraction of sp³-hybridized carbons (Fsp3) is 0.214. The fourth-order valence-corrected chi connectivity index (χ4v) is 1.47. The van der Waals surface area contributed by atoms with E-state index < -0.39 is 6.03 Å². The number of hydrogen-bond acceptors (Lipinski definition) is 2. The van der Waals surface area contributed by atoms with Crippen molar-refractivity contribution in [3.63, 3.8) is 0 Å². The van der Waals surface area contributed by atoms with Gasteiger partial charge in [0.15, 0.2) is 0 Å². The highest BCUT2D eigenvalue weighted by Gasteiger charge is 2.00. The number of nitrogens with zero attached hydrogens (tertiary/aromatic N) is 1. The first-order valence-corrected chi connectivity index (χ1v) is 5.66. The number of amides is 2. The van der Waals surface area contributed by atoms with E-state index in [9.17, 15) is 4.79 Å². The first kappa shape index (κ1) is 14.0. The molecule has 2 rings (SSSR count). The van der Waals surface area contributed by atoms with Gasteiger partial charge in [-0.2, -0.15) is 0 Å². The molecule has 0 saturated carbocycles. The molecule has 0 saturated heterocycles. The molecule has 96 valence electrons. The summed E-state index contributed by atoms with van der Waals surface area (Å²) in [6.45, 7) is 0. The first-order chi connectivity index (χ1) is 8.50. The van der Waals surface area contributed by atoms with Gasteiger partial charge in [0.25, 0.3) is 0 Å². The fourth-order valence-electron chi connectivity index (χ4n) is 1.47. The minimum atomic E-state index is -0.540. The van der Waals surface area contributed by atoms with Gasteiger partial charge in [0.1, 0.15) is 0 Å². The number of carbonyl (C=O) groups is 1. The summed E-state index contributed by atoms with van der Waals surface area (Å²) < 4.78 is 0. The van der Waals surface area contributed by atoms with Crippen molar-refractivity contribution < 1.29 is 4.79 Å². The van der Waals surface area contributed by atoms with Crippen molar-refractivity contribution in [1.29, 1.82) is 0 Å². The molecule has 0 spiro atoms. The lowest BCUT2D eigenvalue weighted by atomic mass is 10.1. The third kappa shape index (κ3) is 4.43. The Morgan fingerprint density at radius 3 is 2.22 bits per heavy atom. The van der Waals surface area contributed by atoms with Crippen molar-refractivity contribution in [3.8, 4) is 0 Å². The highest BCUT2D eigenvalue weighted by Crippen LogP contribution is 2.22. The molecule has 0 fully saturated rings. The molecule has 0 aliphatic carbocycles. The number of rotatable bonds is 1. The first-order valence-electron chi connectivity index (χ1n) is 5.66. The third-order valence-corrected chi connectivity index (χ3v) is 2.05. The molecule has 0 atom stereocenters. The number of carbonyl (C=O) groups excluding carboxylic acids is 1. The van der Waals surface area contributed by atoms with Crippen LogP contribution in [0.2, 0.25) is 0 Å². The summed E-state index contributed by atoms with van der Waals surface area (Å²) in [7, 11) is 6.00. The van der Waals surface area contributed by atoms with Crippen LogP contribution in [-0.4, -0.2) is 32.1 Å². The van der Waals surface area contributed by atoms with Crippen molar-refractivity contribution in [2.45, 2.75) is 0 Å². The summed E-state index contributed by atoms with van der Waals surface area (Å²) in [5.74, 6) is 0. The predicted molar refractivity (Wildman–Crippen MR) is 76.8 cm³/mol. The van der Waals surface area contributed by atoms with Gasteiger partial charge in [0.2, 0.25) is 0 Å². The van der Waals surface area contributed by atoms with Gasteiger partial charge in [0, 0.05) is 5.39 Å². The van der Waals surface area contributed by atoms with Crippen LogP contribution < -0.4 is 11.1 Å². The van der Waals surface area contributed by atoms with Crippen molar-refractivity contribution in [1.82, 2.24) is 4.90 Å². The topological polar surface area (TPSA) is 58.4 Å². The molecule has 0 bridgehead atoms. The number of urea groups is 1. The molecule has 0 aromatic heterocycles. The molecule has 0 heterocycles. The molecule has 3 N–H and O–H groups in total. The molecule has 2 aromatic carbocycles. The van der Waals surface area contributed by atoms with Gasteiger partial charge >= 0.3 is 6.03 Å².